The number of benzene rings is 2. The summed E-state index contributed by atoms with van der Waals surface area (Å²) >= 11 is 7.16. The number of aliphatic hydroxyl groups is 1. The summed E-state index contributed by atoms with van der Waals surface area (Å²) in [6.45, 7) is 25.2. The third kappa shape index (κ3) is 12.7. The van der Waals surface area contributed by atoms with Gasteiger partial charge in [0, 0.05) is 53.6 Å². The van der Waals surface area contributed by atoms with Crippen molar-refractivity contribution in [2.75, 3.05) is 32.6 Å². The summed E-state index contributed by atoms with van der Waals surface area (Å²) in [6, 6.07) is 13.7. The molecule has 2 aliphatic rings. The highest BCUT2D eigenvalue weighted by atomic mass is 35.5. The Labute approximate surface area is 383 Å². The first-order valence-electron chi connectivity index (χ1n) is 23.3. The van der Waals surface area contributed by atoms with Gasteiger partial charge in [-0.1, -0.05) is 124 Å². The van der Waals surface area contributed by atoms with Crippen molar-refractivity contribution in [3.8, 4) is 28.3 Å². The number of β-amino-alcohol motifs (C(OH)–C–C–N with tert-alkyl or cyclic N) is 1. The molecule has 2 heterocycles. The molecule has 1 aromatic heterocycles. The summed E-state index contributed by atoms with van der Waals surface area (Å²) in [7, 11) is 3.21. The number of amides is 3. The van der Waals surface area contributed by atoms with E-state index in [0.29, 0.717) is 22.4 Å². The van der Waals surface area contributed by atoms with Crippen molar-refractivity contribution < 1.29 is 24.2 Å². The molecular weight excluding hydrogens is 810 g/mol. The minimum atomic E-state index is -0.539. The second-order valence-corrected chi connectivity index (χ2v) is 17.2. The number of ether oxygens (including phenoxy) is 1. The van der Waals surface area contributed by atoms with Crippen molar-refractivity contribution in [3.63, 3.8) is 0 Å². The Morgan fingerprint density at radius 1 is 0.968 bits per heavy atom. The number of aromatic nitrogens is 1. The Balaban J connectivity index is 0.000000446. The molecule has 5 rings (SSSR count). The zero-order valence-electron chi connectivity index (χ0n) is 40.3. The number of rotatable bonds is 18. The van der Waals surface area contributed by atoms with Crippen molar-refractivity contribution in [1.82, 2.24) is 20.1 Å². The summed E-state index contributed by atoms with van der Waals surface area (Å²) in [5.74, 6) is 1.21. The first-order chi connectivity index (χ1) is 30.1. The lowest BCUT2D eigenvalue weighted by Crippen LogP contribution is -2.49. The number of aryl methyl sites for hydroxylation is 1. The normalized spacial score (nSPS) is 14.9. The predicted octanol–water partition coefficient (Wildman–Crippen LogP) is 11.7. The Hall–Kier alpha value is -4.67. The number of hydrogen-bond donors (Lipinski definition) is 3. The lowest BCUT2D eigenvalue weighted by Gasteiger charge is -2.35. The van der Waals surface area contributed by atoms with Crippen molar-refractivity contribution in [3.05, 3.63) is 88.4 Å². The van der Waals surface area contributed by atoms with Gasteiger partial charge in [-0.25, -0.2) is 4.98 Å². The van der Waals surface area contributed by atoms with E-state index >= 15 is 0 Å². The van der Waals surface area contributed by atoms with E-state index in [2.05, 4.69) is 71.7 Å². The van der Waals surface area contributed by atoms with Gasteiger partial charge in [0.05, 0.1) is 24.4 Å². The van der Waals surface area contributed by atoms with Gasteiger partial charge in [-0.05, 0) is 98.4 Å². The van der Waals surface area contributed by atoms with Gasteiger partial charge >= 0.3 is 0 Å². The maximum atomic E-state index is 13.6. The molecule has 3 aromatic rings. The molecule has 3 unspecified atom stereocenters. The van der Waals surface area contributed by atoms with Crippen LogP contribution in [0.2, 0.25) is 5.02 Å². The zero-order chi connectivity index (χ0) is 47.0. The average Bonchev–Trinajstić information content (AvgIpc) is 3.79. The number of halogens is 1. The fourth-order valence-corrected chi connectivity index (χ4v) is 8.32. The highest BCUT2D eigenvalue weighted by Gasteiger charge is 2.32. The number of pyridine rings is 1. The molecule has 3 atom stereocenters. The van der Waals surface area contributed by atoms with Crippen LogP contribution in [-0.4, -0.2) is 70.5 Å². The molecule has 3 amide bonds. The van der Waals surface area contributed by atoms with Gasteiger partial charge in [-0.3, -0.25) is 19.3 Å². The zero-order valence-corrected chi connectivity index (χ0v) is 41.1. The number of aliphatic hydroxyl groups excluding tert-OH is 1. The van der Waals surface area contributed by atoms with Crippen LogP contribution in [0.25, 0.3) is 22.4 Å². The van der Waals surface area contributed by atoms with Gasteiger partial charge in [0.2, 0.25) is 11.8 Å². The molecule has 0 radical (unpaired) electrons. The largest absolute Gasteiger partial charge is 0.481 e. The highest BCUT2D eigenvalue weighted by molar-refractivity contribution is 6.36. The number of hydrogen-bond acceptors (Lipinski definition) is 7. The fourth-order valence-electron chi connectivity index (χ4n) is 8.00. The Kier molecular flexibility index (Phi) is 20.9. The molecule has 0 spiro atoms. The first-order valence-corrected chi connectivity index (χ1v) is 23.7. The lowest BCUT2D eigenvalue weighted by atomic mass is 9.84. The third-order valence-corrected chi connectivity index (χ3v) is 13.4. The van der Waals surface area contributed by atoms with Crippen LogP contribution in [0.4, 0.5) is 5.69 Å². The molecule has 2 aromatic carbocycles. The van der Waals surface area contributed by atoms with Crippen molar-refractivity contribution in [2.24, 2.45) is 11.8 Å². The first kappa shape index (κ1) is 52.7. The van der Waals surface area contributed by atoms with Crippen LogP contribution in [0.5, 0.6) is 5.88 Å². The predicted molar refractivity (Wildman–Crippen MR) is 261 cm³/mol. The summed E-state index contributed by atoms with van der Waals surface area (Å²) in [5.41, 5.74) is 7.20. The molecule has 3 N–H and O–H groups in total. The average molecular weight is 887 g/mol. The Morgan fingerprint density at radius 2 is 1.62 bits per heavy atom. The smallest absolute Gasteiger partial charge is 0.266 e. The van der Waals surface area contributed by atoms with Crippen LogP contribution in [0.3, 0.4) is 0 Å². The minimum Gasteiger partial charge on any atom is -0.481 e. The second-order valence-electron chi connectivity index (χ2n) is 16.8. The topological polar surface area (TPSA) is 124 Å². The molecule has 0 saturated carbocycles. The van der Waals surface area contributed by atoms with E-state index in [1.807, 2.05) is 57.2 Å². The lowest BCUT2D eigenvalue weighted by molar-refractivity contribution is -0.129. The van der Waals surface area contributed by atoms with E-state index < -0.39 is 11.8 Å². The molecule has 63 heavy (non-hydrogen) atoms. The van der Waals surface area contributed by atoms with Gasteiger partial charge in [-0.2, -0.15) is 0 Å². The molecule has 0 saturated heterocycles. The third-order valence-electron chi connectivity index (χ3n) is 13.0. The molecule has 11 heteroatoms. The van der Waals surface area contributed by atoms with Gasteiger partial charge in [0.15, 0.2) is 0 Å². The SMILES string of the molecule is C=C1N(CCO)C=C(C(=O)Nc2cccc(-c3cccc(-c4cc5c(c(OC)n4)CCC5)c3Cl)c2C(C)CC)C(=O)N1C.CC.CCC(C)CCC(CC)(CC)NC(=O)C(C)CC. The number of methoxy groups -OCH3 is 1. The van der Waals surface area contributed by atoms with Crippen LogP contribution in [0.1, 0.15) is 143 Å². The van der Waals surface area contributed by atoms with Crippen molar-refractivity contribution >= 4 is 35.0 Å². The molecular formula is C52H76ClN5O5. The molecule has 346 valence electrons. The number of nitrogens with zero attached hydrogens (tertiary/aromatic N) is 3. The summed E-state index contributed by atoms with van der Waals surface area (Å²) in [6.07, 6.45) is 11.8. The summed E-state index contributed by atoms with van der Waals surface area (Å²) < 4.78 is 5.64. The monoisotopic (exact) mass is 886 g/mol. The second kappa shape index (κ2) is 25.0. The molecule has 1 aliphatic heterocycles. The summed E-state index contributed by atoms with van der Waals surface area (Å²) in [5, 5.41) is 16.3. The molecule has 0 bridgehead atoms. The quantitative estimate of drug-likeness (QED) is 0.109. The van der Waals surface area contributed by atoms with Gasteiger partial charge in [0.25, 0.3) is 11.8 Å². The maximum Gasteiger partial charge on any atom is 0.266 e. The highest BCUT2D eigenvalue weighted by Crippen LogP contribution is 2.43. The minimum absolute atomic E-state index is 0.0178. The number of carbonyl (C=O) groups is 3. The van der Waals surface area contributed by atoms with Crippen LogP contribution in [0.15, 0.2) is 66.6 Å². The summed E-state index contributed by atoms with van der Waals surface area (Å²) in [4.78, 5) is 46.4. The van der Waals surface area contributed by atoms with Crippen LogP contribution in [0, 0.1) is 11.8 Å². The molecule has 1 aliphatic carbocycles. The number of fused-ring (bicyclic) bond motifs is 1. The number of carbonyl (C=O) groups excluding carboxylic acids is 3. The Bertz CT molecular complexity index is 2060. The van der Waals surface area contributed by atoms with E-state index in [-0.39, 0.29) is 42.0 Å². The van der Waals surface area contributed by atoms with E-state index in [4.69, 9.17) is 21.3 Å². The van der Waals surface area contributed by atoms with E-state index in [0.717, 1.165) is 85.2 Å². The van der Waals surface area contributed by atoms with Gasteiger partial charge in [-0.15, -0.1) is 0 Å². The van der Waals surface area contributed by atoms with Gasteiger partial charge in [0.1, 0.15) is 11.4 Å². The fraction of sp³-hybridized carbons (Fsp3) is 0.538. The van der Waals surface area contributed by atoms with E-state index in [1.165, 1.54) is 35.1 Å². The van der Waals surface area contributed by atoms with Gasteiger partial charge < -0.3 is 25.4 Å². The van der Waals surface area contributed by atoms with Crippen LogP contribution >= 0.6 is 11.6 Å². The maximum absolute atomic E-state index is 13.6. The van der Waals surface area contributed by atoms with Crippen LogP contribution in [-0.2, 0) is 27.2 Å². The van der Waals surface area contributed by atoms with Crippen LogP contribution < -0.4 is 15.4 Å². The van der Waals surface area contributed by atoms with Crippen molar-refractivity contribution in [1.29, 1.82) is 0 Å². The number of likely N-dealkylation sites (N-methyl/N-ethyl adjacent to an activating group) is 1. The number of anilines is 1. The van der Waals surface area contributed by atoms with E-state index in [9.17, 15) is 19.5 Å². The number of nitrogens with one attached hydrogen (secondary N) is 2. The van der Waals surface area contributed by atoms with E-state index in [1.54, 1.807) is 19.1 Å². The van der Waals surface area contributed by atoms with Crippen molar-refractivity contribution in [2.45, 2.75) is 145 Å². The molecule has 10 nitrogen and oxygen atoms in total. The Morgan fingerprint density at radius 3 is 2.22 bits per heavy atom. The standard InChI is InChI=1S/C34H37ClN4O4.C16H33NO.C2H6/c1-6-20(2)30-24(12-9-15-28(30)36-32(41)27-19-39(16-17-40)21(3)38(4)34(27)42)25-13-8-14-26(31(25)35)29-18-22-10-7-11-23(22)33(37-29)43-5;1-7-13(5)11-12-16(9-3,10-4)17-15(18)14(6)8-2;1-2/h8-9,12-15,18-20,40H,3,6-7,10-11,16-17H2,1-2,4-5H3,(H,36,41);13-14H,7-12H2,1-6H3,(H,17,18);1-2H3. The molecule has 0 fully saturated rings.